The molecule has 0 fully saturated rings. The SMILES string of the molecule is CC(C)c1ccccc1C(Cl)(Cl)C(Cl)(Cl)C(Cl)(Cl)Cl. The summed E-state index contributed by atoms with van der Waals surface area (Å²) >= 11 is 42.3. The summed E-state index contributed by atoms with van der Waals surface area (Å²) in [7, 11) is 0. The van der Waals surface area contributed by atoms with Gasteiger partial charge in [0.15, 0.2) is 4.33 Å². The highest BCUT2D eigenvalue weighted by Gasteiger charge is 2.61. The van der Waals surface area contributed by atoms with Crippen molar-refractivity contribution in [1.29, 1.82) is 0 Å². The highest BCUT2D eigenvalue weighted by molar-refractivity contribution is 6.78. The highest BCUT2D eigenvalue weighted by Crippen LogP contribution is 2.61. The van der Waals surface area contributed by atoms with Crippen molar-refractivity contribution in [1.82, 2.24) is 0 Å². The molecule has 7 heteroatoms. The average Bonchev–Trinajstić information content (AvgIpc) is 2.27. The van der Waals surface area contributed by atoms with Gasteiger partial charge in [-0.05, 0) is 17.0 Å². The first kappa shape index (κ1) is 18.3. The standard InChI is InChI=1S/C12H11Cl7/c1-7(2)8-5-3-4-6-9(8)10(13,14)11(15,16)12(17,18)19/h3-7H,1-2H3. The molecule has 1 aromatic rings. The van der Waals surface area contributed by atoms with Gasteiger partial charge in [0.25, 0.3) is 0 Å². The van der Waals surface area contributed by atoms with Crippen LogP contribution >= 0.6 is 81.2 Å². The Morgan fingerprint density at radius 2 is 1.32 bits per heavy atom. The summed E-state index contributed by atoms with van der Waals surface area (Å²) in [5.74, 6) is 0.160. The molecule has 0 aliphatic rings. The largest absolute Gasteiger partial charge is 0.226 e. The number of hydrogen-bond acceptors (Lipinski definition) is 0. The van der Waals surface area contributed by atoms with Gasteiger partial charge in [0.05, 0.1) is 0 Å². The van der Waals surface area contributed by atoms with Crippen molar-refractivity contribution in [3.8, 4) is 0 Å². The van der Waals surface area contributed by atoms with E-state index in [4.69, 9.17) is 81.2 Å². The minimum Gasteiger partial charge on any atom is -0.0930 e. The van der Waals surface area contributed by atoms with Gasteiger partial charge < -0.3 is 0 Å². The average molecular weight is 403 g/mol. The lowest BCUT2D eigenvalue weighted by atomic mass is 9.94. The fourth-order valence-electron chi connectivity index (χ4n) is 1.63. The Bertz CT molecular complexity index is 446. The van der Waals surface area contributed by atoms with Crippen molar-refractivity contribution in [2.75, 3.05) is 0 Å². The lowest BCUT2D eigenvalue weighted by molar-refractivity contribution is 0.682. The van der Waals surface area contributed by atoms with E-state index in [2.05, 4.69) is 0 Å². The summed E-state index contributed by atoms with van der Waals surface area (Å²) in [4.78, 5) is 0. The first-order valence-corrected chi connectivity index (χ1v) is 7.99. The van der Waals surface area contributed by atoms with E-state index in [9.17, 15) is 0 Å². The van der Waals surface area contributed by atoms with Crippen LogP contribution in [0.25, 0.3) is 0 Å². The number of hydrogen-bond donors (Lipinski definition) is 0. The summed E-state index contributed by atoms with van der Waals surface area (Å²) in [5.41, 5.74) is 1.40. The molecular weight excluding hydrogens is 392 g/mol. The van der Waals surface area contributed by atoms with Crippen LogP contribution in [0.15, 0.2) is 24.3 Å². The third kappa shape index (κ3) is 3.54. The maximum atomic E-state index is 6.34. The second kappa shape index (κ2) is 6.16. The predicted octanol–water partition coefficient (Wildman–Crippen LogP) is 6.98. The van der Waals surface area contributed by atoms with Gasteiger partial charge in [-0.15, -0.1) is 0 Å². The van der Waals surface area contributed by atoms with Crippen LogP contribution in [0.4, 0.5) is 0 Å². The molecule has 108 valence electrons. The molecule has 1 rings (SSSR count). The molecule has 0 nitrogen and oxygen atoms in total. The van der Waals surface area contributed by atoms with Gasteiger partial charge in [-0.2, -0.15) is 0 Å². The molecular formula is C12H11Cl7. The molecule has 0 amide bonds. The first-order chi connectivity index (χ1) is 8.43. The fraction of sp³-hybridized carbons (Fsp3) is 0.500. The number of rotatable bonds is 3. The Kier molecular flexibility index (Phi) is 5.94. The maximum absolute atomic E-state index is 6.34. The summed E-state index contributed by atoms with van der Waals surface area (Å²) in [5, 5.41) is 0. The van der Waals surface area contributed by atoms with Crippen molar-refractivity contribution in [3.63, 3.8) is 0 Å². The van der Waals surface area contributed by atoms with Crippen LogP contribution in [0.1, 0.15) is 30.9 Å². The van der Waals surface area contributed by atoms with Crippen LogP contribution in [0.2, 0.25) is 0 Å². The third-order valence-corrected chi connectivity index (χ3v) is 6.60. The minimum absolute atomic E-state index is 0.160. The molecule has 0 saturated carbocycles. The van der Waals surface area contributed by atoms with E-state index in [1.54, 1.807) is 12.1 Å². The van der Waals surface area contributed by atoms with Crippen molar-refractivity contribution in [3.05, 3.63) is 35.4 Å². The van der Waals surface area contributed by atoms with E-state index >= 15 is 0 Å². The molecule has 0 bridgehead atoms. The van der Waals surface area contributed by atoms with E-state index in [1.165, 1.54) is 0 Å². The molecule has 0 N–H and O–H groups in total. The van der Waals surface area contributed by atoms with Crippen molar-refractivity contribution < 1.29 is 0 Å². The summed E-state index contributed by atoms with van der Waals surface area (Å²) in [6.45, 7) is 3.98. The number of halogens is 7. The van der Waals surface area contributed by atoms with Gasteiger partial charge in [-0.25, -0.2) is 0 Å². The molecule has 0 atom stereocenters. The second-order valence-electron chi connectivity index (χ2n) is 4.39. The zero-order chi connectivity index (χ0) is 15.1. The normalized spacial score (nSPS) is 14.0. The highest BCUT2D eigenvalue weighted by atomic mass is 35.6. The summed E-state index contributed by atoms with van der Waals surface area (Å²) in [6, 6.07) is 7.22. The maximum Gasteiger partial charge on any atom is 0.226 e. The molecule has 0 aliphatic carbocycles. The van der Waals surface area contributed by atoms with Crippen LogP contribution in [0.5, 0.6) is 0 Å². The zero-order valence-corrected chi connectivity index (χ0v) is 15.3. The van der Waals surface area contributed by atoms with Crippen LogP contribution < -0.4 is 0 Å². The molecule has 0 heterocycles. The lowest BCUT2D eigenvalue weighted by Gasteiger charge is -2.39. The van der Waals surface area contributed by atoms with E-state index in [0.29, 0.717) is 5.56 Å². The van der Waals surface area contributed by atoms with Crippen LogP contribution in [-0.4, -0.2) is 8.13 Å². The Labute approximate surface area is 148 Å². The molecule has 0 unspecified atom stereocenters. The fourth-order valence-corrected chi connectivity index (χ4v) is 3.18. The van der Waals surface area contributed by atoms with E-state index in [1.807, 2.05) is 26.0 Å². The quantitative estimate of drug-likeness (QED) is 0.478. The Balaban J connectivity index is 3.44. The third-order valence-electron chi connectivity index (χ3n) is 2.67. The summed E-state index contributed by atoms with van der Waals surface area (Å²) < 4.78 is -5.84. The Morgan fingerprint density at radius 3 is 1.74 bits per heavy atom. The second-order valence-corrected chi connectivity index (χ2v) is 9.32. The van der Waals surface area contributed by atoms with Gasteiger partial charge in [-0.1, -0.05) is 119 Å². The van der Waals surface area contributed by atoms with E-state index < -0.39 is 12.5 Å². The van der Waals surface area contributed by atoms with Gasteiger partial charge in [0.2, 0.25) is 8.13 Å². The van der Waals surface area contributed by atoms with Gasteiger partial charge in [0.1, 0.15) is 0 Å². The molecule has 0 aromatic heterocycles. The van der Waals surface area contributed by atoms with Crippen molar-refractivity contribution in [2.24, 2.45) is 0 Å². The summed E-state index contributed by atoms with van der Waals surface area (Å²) in [6.07, 6.45) is 0. The number of alkyl halides is 7. The van der Waals surface area contributed by atoms with Gasteiger partial charge >= 0.3 is 0 Å². The smallest absolute Gasteiger partial charge is 0.0930 e. The van der Waals surface area contributed by atoms with Gasteiger partial charge in [0, 0.05) is 0 Å². The van der Waals surface area contributed by atoms with Gasteiger partial charge in [-0.3, -0.25) is 0 Å². The van der Waals surface area contributed by atoms with E-state index in [0.717, 1.165) is 5.56 Å². The Hall–Kier alpha value is 1.25. The lowest BCUT2D eigenvalue weighted by Crippen LogP contribution is -2.45. The number of benzene rings is 1. The van der Waals surface area contributed by atoms with Crippen molar-refractivity contribution in [2.45, 2.75) is 32.2 Å². The molecule has 1 aromatic carbocycles. The topological polar surface area (TPSA) is 0 Å². The van der Waals surface area contributed by atoms with Crippen LogP contribution in [-0.2, 0) is 4.33 Å². The molecule has 0 aliphatic heterocycles. The zero-order valence-electron chi connectivity index (χ0n) is 10.0. The monoisotopic (exact) mass is 400 g/mol. The molecule has 0 radical (unpaired) electrons. The van der Waals surface area contributed by atoms with Crippen LogP contribution in [0.3, 0.4) is 0 Å². The minimum atomic E-state index is -2.05. The van der Waals surface area contributed by atoms with Crippen LogP contribution in [0, 0.1) is 0 Å². The molecule has 0 spiro atoms. The van der Waals surface area contributed by atoms with E-state index in [-0.39, 0.29) is 5.92 Å². The molecule has 0 saturated heterocycles. The predicted molar refractivity (Wildman–Crippen MR) is 88.6 cm³/mol. The Morgan fingerprint density at radius 1 is 0.842 bits per heavy atom. The van der Waals surface area contributed by atoms with Crippen molar-refractivity contribution >= 4 is 81.2 Å². The first-order valence-electron chi connectivity index (χ1n) is 5.34. The molecule has 19 heavy (non-hydrogen) atoms.